The standard InChI is InChI=1S/C24H31ClN2O4/c1-6-17(3)26-24(29)18(4)27(14-19-7-9-20(30-5)10-8-19)23(28)15-31-21-11-12-22(25)16(2)13-21/h7-13,17-18H,6,14-15H2,1-5H3,(H,26,29)/t17-,18+/m1/s1. The van der Waals surface area contributed by atoms with Crippen LogP contribution in [0.15, 0.2) is 42.5 Å². The fourth-order valence-corrected chi connectivity index (χ4v) is 3.03. The van der Waals surface area contributed by atoms with Gasteiger partial charge in [0.1, 0.15) is 17.5 Å². The summed E-state index contributed by atoms with van der Waals surface area (Å²) in [5.41, 5.74) is 1.75. The number of halogens is 1. The molecule has 0 bridgehead atoms. The smallest absolute Gasteiger partial charge is 0.261 e. The van der Waals surface area contributed by atoms with Crippen molar-refractivity contribution in [2.45, 2.75) is 52.7 Å². The molecule has 2 aromatic carbocycles. The second-order valence-corrected chi connectivity index (χ2v) is 7.97. The van der Waals surface area contributed by atoms with Gasteiger partial charge in [-0.25, -0.2) is 0 Å². The van der Waals surface area contributed by atoms with E-state index < -0.39 is 6.04 Å². The van der Waals surface area contributed by atoms with Gasteiger partial charge < -0.3 is 19.7 Å². The molecule has 0 aliphatic carbocycles. The van der Waals surface area contributed by atoms with E-state index in [9.17, 15) is 9.59 Å². The van der Waals surface area contributed by atoms with E-state index >= 15 is 0 Å². The van der Waals surface area contributed by atoms with Crippen molar-refractivity contribution in [1.29, 1.82) is 0 Å². The molecule has 1 N–H and O–H groups in total. The van der Waals surface area contributed by atoms with Crippen LogP contribution < -0.4 is 14.8 Å². The Kier molecular flexibility index (Phi) is 9.19. The third-order valence-corrected chi connectivity index (χ3v) is 5.60. The molecule has 0 fully saturated rings. The summed E-state index contributed by atoms with van der Waals surface area (Å²) in [6.45, 7) is 7.63. The topological polar surface area (TPSA) is 67.9 Å². The van der Waals surface area contributed by atoms with Gasteiger partial charge in [-0.1, -0.05) is 30.7 Å². The van der Waals surface area contributed by atoms with Gasteiger partial charge in [0.15, 0.2) is 6.61 Å². The highest BCUT2D eigenvalue weighted by atomic mass is 35.5. The number of hydrogen-bond acceptors (Lipinski definition) is 4. The molecule has 2 aromatic rings. The first-order valence-corrected chi connectivity index (χ1v) is 10.7. The van der Waals surface area contributed by atoms with Gasteiger partial charge in [-0.15, -0.1) is 0 Å². The van der Waals surface area contributed by atoms with Gasteiger partial charge in [-0.2, -0.15) is 0 Å². The number of nitrogens with one attached hydrogen (secondary N) is 1. The van der Waals surface area contributed by atoms with Crippen LogP contribution >= 0.6 is 11.6 Å². The quantitative estimate of drug-likeness (QED) is 0.588. The van der Waals surface area contributed by atoms with Gasteiger partial charge in [0.05, 0.1) is 7.11 Å². The van der Waals surface area contributed by atoms with E-state index in [1.807, 2.05) is 45.0 Å². The third kappa shape index (κ3) is 7.17. The van der Waals surface area contributed by atoms with Gasteiger partial charge in [0.2, 0.25) is 5.91 Å². The second-order valence-electron chi connectivity index (χ2n) is 7.56. The monoisotopic (exact) mass is 446 g/mol. The van der Waals surface area contributed by atoms with Gasteiger partial charge in [-0.05, 0) is 68.7 Å². The summed E-state index contributed by atoms with van der Waals surface area (Å²) >= 11 is 6.05. The molecule has 6 nitrogen and oxygen atoms in total. The zero-order valence-corrected chi connectivity index (χ0v) is 19.5. The lowest BCUT2D eigenvalue weighted by molar-refractivity contribution is -0.142. The normalized spacial score (nSPS) is 12.6. The molecular formula is C24H31ClN2O4. The molecule has 0 aliphatic heterocycles. The minimum atomic E-state index is -0.654. The maximum absolute atomic E-state index is 13.1. The number of hydrogen-bond donors (Lipinski definition) is 1. The fourth-order valence-electron chi connectivity index (χ4n) is 2.91. The molecule has 0 aromatic heterocycles. The van der Waals surface area contributed by atoms with Gasteiger partial charge in [0.25, 0.3) is 5.91 Å². The van der Waals surface area contributed by atoms with Crippen molar-refractivity contribution in [3.63, 3.8) is 0 Å². The lowest BCUT2D eigenvalue weighted by Gasteiger charge is -2.29. The Morgan fingerprint density at radius 1 is 1.10 bits per heavy atom. The fraction of sp³-hybridized carbons (Fsp3) is 0.417. The van der Waals surface area contributed by atoms with Gasteiger partial charge >= 0.3 is 0 Å². The van der Waals surface area contributed by atoms with E-state index in [2.05, 4.69) is 5.32 Å². The number of amides is 2. The van der Waals surface area contributed by atoms with Crippen LogP contribution in [0.25, 0.3) is 0 Å². The number of nitrogens with zero attached hydrogens (tertiary/aromatic N) is 1. The summed E-state index contributed by atoms with van der Waals surface area (Å²) in [7, 11) is 1.60. The van der Waals surface area contributed by atoms with Crippen LogP contribution in [0.5, 0.6) is 11.5 Å². The Hall–Kier alpha value is -2.73. The molecule has 0 heterocycles. The number of rotatable bonds is 10. The average Bonchev–Trinajstić information content (AvgIpc) is 2.77. The number of benzene rings is 2. The number of methoxy groups -OCH3 is 1. The summed E-state index contributed by atoms with van der Waals surface area (Å²) in [6, 6.07) is 12.0. The van der Waals surface area contributed by atoms with Crippen molar-refractivity contribution in [2.75, 3.05) is 13.7 Å². The maximum Gasteiger partial charge on any atom is 0.261 e. The van der Waals surface area contributed by atoms with Crippen LogP contribution in [0, 0.1) is 6.92 Å². The molecule has 0 radical (unpaired) electrons. The number of carbonyl (C=O) groups is 2. The first-order chi connectivity index (χ1) is 14.7. The molecular weight excluding hydrogens is 416 g/mol. The molecule has 168 valence electrons. The Morgan fingerprint density at radius 2 is 1.74 bits per heavy atom. The molecule has 2 rings (SSSR count). The molecule has 7 heteroatoms. The molecule has 0 unspecified atom stereocenters. The van der Waals surface area contributed by atoms with E-state index in [4.69, 9.17) is 21.1 Å². The van der Waals surface area contributed by atoms with Crippen LogP contribution in [0.3, 0.4) is 0 Å². The minimum absolute atomic E-state index is 0.0289. The van der Waals surface area contributed by atoms with Crippen LogP contribution in [0.1, 0.15) is 38.3 Å². The van der Waals surface area contributed by atoms with Crippen molar-refractivity contribution >= 4 is 23.4 Å². The minimum Gasteiger partial charge on any atom is -0.497 e. The summed E-state index contributed by atoms with van der Waals surface area (Å²) in [6.07, 6.45) is 0.809. The Labute approximate surface area is 189 Å². The van der Waals surface area contributed by atoms with Crippen molar-refractivity contribution in [2.24, 2.45) is 0 Å². The first kappa shape index (κ1) is 24.5. The Bertz CT molecular complexity index is 886. The number of ether oxygens (including phenoxy) is 2. The van der Waals surface area contributed by atoms with Crippen LogP contribution in [-0.4, -0.2) is 42.5 Å². The maximum atomic E-state index is 13.1. The highest BCUT2D eigenvalue weighted by Gasteiger charge is 2.27. The molecule has 2 amide bonds. The van der Waals surface area contributed by atoms with Crippen molar-refractivity contribution in [1.82, 2.24) is 10.2 Å². The summed E-state index contributed by atoms with van der Waals surface area (Å²) in [4.78, 5) is 27.3. The molecule has 0 saturated heterocycles. The van der Waals surface area contributed by atoms with Crippen LogP contribution in [0.2, 0.25) is 5.02 Å². The Balaban J connectivity index is 2.16. The first-order valence-electron chi connectivity index (χ1n) is 10.4. The third-order valence-electron chi connectivity index (χ3n) is 5.17. The van der Waals surface area contributed by atoms with Crippen LogP contribution in [-0.2, 0) is 16.1 Å². The number of aryl methyl sites for hydroxylation is 1. The lowest BCUT2D eigenvalue weighted by Crippen LogP contribution is -2.50. The zero-order chi connectivity index (χ0) is 23.0. The summed E-state index contributed by atoms with van der Waals surface area (Å²) < 4.78 is 10.9. The highest BCUT2D eigenvalue weighted by Crippen LogP contribution is 2.21. The van der Waals surface area contributed by atoms with E-state index in [0.717, 1.165) is 23.3 Å². The predicted molar refractivity (Wildman–Crippen MR) is 123 cm³/mol. The van der Waals surface area contributed by atoms with Gasteiger partial charge in [-0.3, -0.25) is 9.59 Å². The SMILES string of the molecule is CC[C@@H](C)NC(=O)[C@H](C)N(Cc1ccc(OC)cc1)C(=O)COc1ccc(Cl)c(C)c1. The lowest BCUT2D eigenvalue weighted by atomic mass is 10.1. The predicted octanol–water partition coefficient (Wildman–Crippen LogP) is 4.37. The summed E-state index contributed by atoms with van der Waals surface area (Å²) in [5.74, 6) is 0.802. The molecule has 2 atom stereocenters. The summed E-state index contributed by atoms with van der Waals surface area (Å²) in [5, 5.41) is 3.58. The molecule has 0 spiro atoms. The van der Waals surface area contributed by atoms with Crippen LogP contribution in [0.4, 0.5) is 0 Å². The van der Waals surface area contributed by atoms with Gasteiger partial charge in [0, 0.05) is 17.6 Å². The van der Waals surface area contributed by atoms with E-state index in [1.165, 1.54) is 4.90 Å². The second kappa shape index (κ2) is 11.6. The van der Waals surface area contributed by atoms with E-state index in [1.54, 1.807) is 32.2 Å². The van der Waals surface area contributed by atoms with Crippen molar-refractivity contribution in [3.05, 3.63) is 58.6 Å². The molecule has 31 heavy (non-hydrogen) atoms. The van der Waals surface area contributed by atoms with Crippen molar-refractivity contribution in [3.8, 4) is 11.5 Å². The van der Waals surface area contributed by atoms with E-state index in [-0.39, 0.29) is 31.0 Å². The van der Waals surface area contributed by atoms with Crippen molar-refractivity contribution < 1.29 is 19.1 Å². The largest absolute Gasteiger partial charge is 0.497 e. The highest BCUT2D eigenvalue weighted by molar-refractivity contribution is 6.31. The average molecular weight is 447 g/mol. The zero-order valence-electron chi connectivity index (χ0n) is 18.8. The molecule has 0 saturated carbocycles. The number of carbonyl (C=O) groups excluding carboxylic acids is 2. The molecule has 0 aliphatic rings. The Morgan fingerprint density at radius 3 is 2.32 bits per heavy atom. The van der Waals surface area contributed by atoms with E-state index in [0.29, 0.717) is 10.8 Å².